The molecule has 0 N–H and O–H groups in total. The van der Waals surface area contributed by atoms with Crippen LogP contribution < -0.4 is 14.2 Å². The topological polar surface area (TPSA) is 83.4 Å². The minimum absolute atomic E-state index is 0.00882. The summed E-state index contributed by atoms with van der Waals surface area (Å²) in [5, 5.41) is 0. The van der Waals surface area contributed by atoms with Gasteiger partial charge in [-0.15, -0.1) is 0 Å². The summed E-state index contributed by atoms with van der Waals surface area (Å²) in [5.74, 6) is 0.428. The first-order valence-corrected chi connectivity index (χ1v) is 12.6. The number of carbonyl (C=O) groups excluding carboxylic acids is 2. The van der Waals surface area contributed by atoms with E-state index in [0.717, 1.165) is 16.7 Å². The molecule has 1 saturated carbocycles. The largest absolute Gasteiger partial charge is 0.497 e. The maximum absolute atomic E-state index is 14.3. The SMILES string of the molecule is CCOC(=O)C12N=CC(c3ccc(OC)cc3)(C(=O)CC1c1ccc(OC)cc1)C2c1ccc(OC)cc1. The lowest BCUT2D eigenvalue weighted by Crippen LogP contribution is -2.59. The van der Waals surface area contributed by atoms with Crippen molar-refractivity contribution in [2.75, 3.05) is 27.9 Å². The lowest BCUT2D eigenvalue weighted by molar-refractivity contribution is -0.153. The van der Waals surface area contributed by atoms with Gasteiger partial charge < -0.3 is 18.9 Å². The molecular formula is C31H31NO6. The van der Waals surface area contributed by atoms with E-state index in [1.807, 2.05) is 72.8 Å². The zero-order valence-corrected chi connectivity index (χ0v) is 22.0. The highest BCUT2D eigenvalue weighted by Gasteiger charge is 2.70. The second-order valence-electron chi connectivity index (χ2n) is 9.56. The Balaban J connectivity index is 1.77. The lowest BCUT2D eigenvalue weighted by atomic mass is 9.51. The van der Waals surface area contributed by atoms with Gasteiger partial charge in [-0.05, 0) is 60.0 Å². The third-order valence-electron chi connectivity index (χ3n) is 7.90. The van der Waals surface area contributed by atoms with E-state index in [9.17, 15) is 9.59 Å². The summed E-state index contributed by atoms with van der Waals surface area (Å²) in [6.07, 6.45) is 1.82. The van der Waals surface area contributed by atoms with Crippen molar-refractivity contribution in [1.29, 1.82) is 0 Å². The Labute approximate surface area is 222 Å². The average molecular weight is 514 g/mol. The number of esters is 1. The second-order valence-corrected chi connectivity index (χ2v) is 9.56. The maximum Gasteiger partial charge on any atom is 0.335 e. The van der Waals surface area contributed by atoms with Crippen molar-refractivity contribution in [2.24, 2.45) is 4.99 Å². The molecule has 38 heavy (non-hydrogen) atoms. The summed E-state index contributed by atoms with van der Waals surface area (Å²) in [5.41, 5.74) is -0.122. The van der Waals surface area contributed by atoms with Crippen LogP contribution >= 0.6 is 0 Å². The minimum atomic E-state index is -1.35. The first-order valence-electron chi connectivity index (χ1n) is 12.6. The van der Waals surface area contributed by atoms with E-state index in [0.29, 0.717) is 17.2 Å². The molecule has 3 aromatic rings. The molecule has 2 aliphatic rings. The van der Waals surface area contributed by atoms with Crippen molar-refractivity contribution >= 4 is 18.0 Å². The average Bonchev–Trinajstić information content (AvgIpc) is 3.27. The number of hydrogen-bond acceptors (Lipinski definition) is 7. The van der Waals surface area contributed by atoms with Crippen LogP contribution in [0, 0.1) is 0 Å². The van der Waals surface area contributed by atoms with E-state index in [-0.39, 0.29) is 18.8 Å². The molecule has 0 radical (unpaired) electrons. The van der Waals surface area contributed by atoms with Crippen molar-refractivity contribution < 1.29 is 28.5 Å². The van der Waals surface area contributed by atoms with Crippen LogP contribution in [0.1, 0.15) is 41.9 Å². The predicted octanol–water partition coefficient (Wildman–Crippen LogP) is 4.88. The third-order valence-corrected chi connectivity index (χ3v) is 7.90. The van der Waals surface area contributed by atoms with Crippen LogP contribution in [0.25, 0.3) is 0 Å². The molecule has 0 spiro atoms. The van der Waals surface area contributed by atoms with Crippen molar-refractivity contribution in [3.63, 3.8) is 0 Å². The number of nitrogens with zero attached hydrogens (tertiary/aromatic N) is 1. The van der Waals surface area contributed by atoms with E-state index in [2.05, 4.69) is 0 Å². The molecule has 3 aromatic carbocycles. The molecule has 1 aliphatic carbocycles. The molecule has 1 fully saturated rings. The van der Waals surface area contributed by atoms with E-state index in [4.69, 9.17) is 23.9 Å². The van der Waals surface area contributed by atoms with Gasteiger partial charge in [0.25, 0.3) is 0 Å². The molecule has 7 heteroatoms. The lowest BCUT2D eigenvalue weighted by Gasteiger charge is -2.48. The molecule has 4 atom stereocenters. The highest BCUT2D eigenvalue weighted by atomic mass is 16.5. The molecule has 5 rings (SSSR count). The number of fused-ring (bicyclic) bond motifs is 2. The van der Waals surface area contributed by atoms with Gasteiger partial charge in [-0.2, -0.15) is 0 Å². The van der Waals surface area contributed by atoms with Crippen molar-refractivity contribution in [3.05, 3.63) is 89.5 Å². The van der Waals surface area contributed by atoms with Crippen LogP contribution in [0.15, 0.2) is 77.8 Å². The van der Waals surface area contributed by atoms with Gasteiger partial charge in [0.2, 0.25) is 0 Å². The van der Waals surface area contributed by atoms with Gasteiger partial charge in [-0.25, -0.2) is 4.79 Å². The van der Waals surface area contributed by atoms with Crippen molar-refractivity contribution in [3.8, 4) is 17.2 Å². The Morgan fingerprint density at radius 2 is 1.32 bits per heavy atom. The van der Waals surface area contributed by atoms with E-state index >= 15 is 0 Å². The standard InChI is InChI=1S/C31H31NO6/c1-5-38-29(34)31-26(20-6-12-23(35-2)13-7-20)18-27(33)30(19-32-31,22-10-16-25(37-4)17-11-22)28(31)21-8-14-24(36-3)15-9-21/h6-17,19,26,28H,5,18H2,1-4H3. The Morgan fingerprint density at radius 3 is 1.82 bits per heavy atom. The number of ketones is 1. The highest BCUT2D eigenvalue weighted by Crippen LogP contribution is 2.62. The molecule has 1 heterocycles. The van der Waals surface area contributed by atoms with Crippen LogP contribution in [-0.4, -0.2) is 51.4 Å². The number of carbonyl (C=O) groups is 2. The van der Waals surface area contributed by atoms with Gasteiger partial charge >= 0.3 is 5.97 Å². The number of rotatable bonds is 8. The molecular weight excluding hydrogens is 482 g/mol. The summed E-state index contributed by atoms with van der Waals surface area (Å²) in [7, 11) is 4.80. The Hall–Kier alpha value is -4.13. The van der Waals surface area contributed by atoms with Gasteiger partial charge in [0.1, 0.15) is 23.0 Å². The van der Waals surface area contributed by atoms with Gasteiger partial charge in [-0.3, -0.25) is 9.79 Å². The van der Waals surface area contributed by atoms with Crippen molar-refractivity contribution in [1.82, 2.24) is 0 Å². The normalized spacial score (nSPS) is 25.6. The summed E-state index contributed by atoms with van der Waals surface area (Å²) >= 11 is 0. The Kier molecular flexibility index (Phi) is 6.69. The van der Waals surface area contributed by atoms with Gasteiger partial charge in [0.05, 0.1) is 33.4 Å². The smallest absolute Gasteiger partial charge is 0.335 e. The molecule has 2 bridgehead atoms. The molecule has 0 amide bonds. The Morgan fingerprint density at radius 1 is 0.816 bits per heavy atom. The second kappa shape index (κ2) is 9.97. The fourth-order valence-corrected chi connectivity index (χ4v) is 6.09. The molecule has 7 nitrogen and oxygen atoms in total. The maximum atomic E-state index is 14.3. The summed E-state index contributed by atoms with van der Waals surface area (Å²) in [4.78, 5) is 33.4. The van der Waals surface area contributed by atoms with Gasteiger partial charge in [0.15, 0.2) is 5.54 Å². The number of Topliss-reactive ketones (excluding diaryl/α,β-unsaturated/α-hetero) is 1. The molecule has 4 unspecified atom stereocenters. The highest BCUT2D eigenvalue weighted by molar-refractivity contribution is 6.14. The quantitative estimate of drug-likeness (QED) is 0.400. The van der Waals surface area contributed by atoms with Crippen molar-refractivity contribution in [2.45, 2.75) is 36.1 Å². The van der Waals surface area contributed by atoms with Crippen LogP contribution in [0.2, 0.25) is 0 Å². The fourth-order valence-electron chi connectivity index (χ4n) is 6.09. The van der Waals surface area contributed by atoms with Crippen LogP contribution in [0.3, 0.4) is 0 Å². The first kappa shape index (κ1) is 25.5. The minimum Gasteiger partial charge on any atom is -0.497 e. The van der Waals surface area contributed by atoms with E-state index in [1.165, 1.54) is 0 Å². The van der Waals surface area contributed by atoms with Crippen LogP contribution in [-0.2, 0) is 19.7 Å². The monoisotopic (exact) mass is 513 g/mol. The number of ether oxygens (including phenoxy) is 4. The molecule has 0 aromatic heterocycles. The van der Waals surface area contributed by atoms with Gasteiger partial charge in [0, 0.05) is 24.5 Å². The van der Waals surface area contributed by atoms with Crippen LogP contribution in [0.4, 0.5) is 0 Å². The predicted molar refractivity (Wildman–Crippen MR) is 144 cm³/mol. The third kappa shape index (κ3) is 3.76. The molecule has 0 saturated heterocycles. The van der Waals surface area contributed by atoms with Crippen LogP contribution in [0.5, 0.6) is 17.2 Å². The number of benzene rings is 3. The summed E-state index contributed by atoms with van der Waals surface area (Å²) in [6, 6.07) is 22.4. The molecule has 196 valence electrons. The van der Waals surface area contributed by atoms with E-state index < -0.39 is 28.8 Å². The Bertz CT molecular complexity index is 1350. The molecule has 1 aliphatic heterocycles. The first-order chi connectivity index (χ1) is 18.4. The van der Waals surface area contributed by atoms with Gasteiger partial charge in [-0.1, -0.05) is 36.4 Å². The summed E-state index contributed by atoms with van der Waals surface area (Å²) < 4.78 is 21.8. The number of methoxy groups -OCH3 is 3. The number of aliphatic imine (C=N–C) groups is 1. The number of hydrogen-bond donors (Lipinski definition) is 0. The van der Waals surface area contributed by atoms with E-state index in [1.54, 1.807) is 34.5 Å². The summed E-state index contributed by atoms with van der Waals surface area (Å²) in [6.45, 7) is 1.98. The zero-order valence-electron chi connectivity index (χ0n) is 22.0. The fraction of sp³-hybridized carbons (Fsp3) is 0.323. The zero-order chi connectivity index (χ0) is 26.9.